The van der Waals surface area contributed by atoms with Gasteiger partial charge in [0.25, 0.3) is 0 Å². The lowest BCUT2D eigenvalue weighted by molar-refractivity contribution is -0.388. The van der Waals surface area contributed by atoms with Gasteiger partial charge in [-0.2, -0.15) is 5.10 Å². The highest BCUT2D eigenvalue weighted by molar-refractivity contribution is 7.91. The zero-order valence-corrected chi connectivity index (χ0v) is 11.7. The van der Waals surface area contributed by atoms with Crippen LogP contribution in [-0.2, 0) is 23.3 Å². The lowest BCUT2D eigenvalue weighted by atomic mass is 10.2. The van der Waals surface area contributed by atoms with E-state index in [-0.39, 0.29) is 22.4 Å². The molecule has 0 fully saturated rings. The molecule has 0 amide bonds. The highest BCUT2D eigenvalue weighted by Crippen LogP contribution is 2.29. The van der Waals surface area contributed by atoms with E-state index < -0.39 is 20.4 Å². The SMILES string of the molecule is CCCc1nn(C)c(S(=O)(=O)CCCl)c1[N+](=O)[O-]. The van der Waals surface area contributed by atoms with E-state index in [1.54, 1.807) is 0 Å². The first kappa shape index (κ1) is 14.9. The Labute approximate surface area is 110 Å². The molecule has 102 valence electrons. The van der Waals surface area contributed by atoms with E-state index in [0.717, 1.165) is 4.68 Å². The molecule has 0 N–H and O–H groups in total. The fraction of sp³-hybridized carbons (Fsp3) is 0.667. The predicted octanol–water partition coefficient (Wildman–Crippen LogP) is 1.29. The van der Waals surface area contributed by atoms with E-state index in [0.29, 0.717) is 12.8 Å². The molecule has 0 atom stereocenters. The van der Waals surface area contributed by atoms with E-state index in [2.05, 4.69) is 5.10 Å². The zero-order valence-electron chi connectivity index (χ0n) is 10.1. The topological polar surface area (TPSA) is 95.1 Å². The van der Waals surface area contributed by atoms with Crippen LogP contribution >= 0.6 is 11.6 Å². The minimum atomic E-state index is -3.79. The number of nitro groups is 1. The molecule has 7 nitrogen and oxygen atoms in total. The normalized spacial score (nSPS) is 11.7. The highest BCUT2D eigenvalue weighted by atomic mass is 35.5. The molecule has 0 radical (unpaired) electrons. The Kier molecular flexibility index (Phi) is 4.69. The molecule has 0 aliphatic heterocycles. The molecular weight excluding hydrogens is 282 g/mol. The number of aromatic nitrogens is 2. The van der Waals surface area contributed by atoms with E-state index in [4.69, 9.17) is 11.6 Å². The van der Waals surface area contributed by atoms with Crippen molar-refractivity contribution in [2.45, 2.75) is 24.8 Å². The number of sulfone groups is 1. The van der Waals surface area contributed by atoms with Crippen molar-refractivity contribution in [1.29, 1.82) is 0 Å². The molecule has 0 spiro atoms. The van der Waals surface area contributed by atoms with Gasteiger partial charge in [0.2, 0.25) is 14.9 Å². The number of hydrogen-bond acceptors (Lipinski definition) is 5. The van der Waals surface area contributed by atoms with Crippen LogP contribution in [0.25, 0.3) is 0 Å². The van der Waals surface area contributed by atoms with Gasteiger partial charge in [-0.15, -0.1) is 11.6 Å². The second-order valence-electron chi connectivity index (χ2n) is 3.74. The summed E-state index contributed by atoms with van der Waals surface area (Å²) in [5.74, 6) is -0.464. The Morgan fingerprint density at radius 3 is 2.56 bits per heavy atom. The summed E-state index contributed by atoms with van der Waals surface area (Å²) >= 11 is 5.41. The Balaban J connectivity index is 3.48. The average molecular weight is 296 g/mol. The molecule has 0 bridgehead atoms. The maximum Gasteiger partial charge on any atom is 0.329 e. The summed E-state index contributed by atoms with van der Waals surface area (Å²) in [4.78, 5) is 10.3. The average Bonchev–Trinajstić information content (AvgIpc) is 2.56. The Bertz CT molecular complexity index is 552. The summed E-state index contributed by atoms with van der Waals surface area (Å²) in [7, 11) is -2.41. The molecule has 1 heterocycles. The van der Waals surface area contributed by atoms with Crippen LogP contribution in [0.3, 0.4) is 0 Å². The maximum absolute atomic E-state index is 11.9. The van der Waals surface area contributed by atoms with Crippen molar-refractivity contribution < 1.29 is 13.3 Å². The van der Waals surface area contributed by atoms with Crippen LogP contribution in [0.4, 0.5) is 5.69 Å². The van der Waals surface area contributed by atoms with Gasteiger partial charge in [0.05, 0.1) is 10.7 Å². The smallest absolute Gasteiger partial charge is 0.258 e. The molecule has 1 aromatic rings. The Morgan fingerprint density at radius 1 is 1.50 bits per heavy atom. The Morgan fingerprint density at radius 2 is 2.11 bits per heavy atom. The summed E-state index contributed by atoms with van der Waals surface area (Å²) < 4.78 is 24.9. The van der Waals surface area contributed by atoms with Crippen LogP contribution in [-0.4, -0.2) is 34.8 Å². The third-order valence-electron chi connectivity index (χ3n) is 2.35. The molecule has 18 heavy (non-hydrogen) atoms. The molecule has 0 saturated heterocycles. The van der Waals surface area contributed by atoms with E-state index >= 15 is 0 Å². The maximum atomic E-state index is 11.9. The van der Waals surface area contributed by atoms with Crippen molar-refractivity contribution in [3.8, 4) is 0 Å². The van der Waals surface area contributed by atoms with Crippen molar-refractivity contribution in [2.75, 3.05) is 11.6 Å². The second-order valence-corrected chi connectivity index (χ2v) is 6.14. The molecule has 0 aliphatic rings. The van der Waals surface area contributed by atoms with Crippen molar-refractivity contribution in [1.82, 2.24) is 9.78 Å². The van der Waals surface area contributed by atoms with Gasteiger partial charge in [0, 0.05) is 12.9 Å². The summed E-state index contributed by atoms with van der Waals surface area (Å²) in [5, 5.41) is 14.6. The van der Waals surface area contributed by atoms with Crippen LogP contribution < -0.4 is 0 Å². The third-order valence-corrected chi connectivity index (χ3v) is 4.55. The van der Waals surface area contributed by atoms with Gasteiger partial charge >= 0.3 is 5.69 Å². The largest absolute Gasteiger partial charge is 0.329 e. The van der Waals surface area contributed by atoms with Gasteiger partial charge in [-0.3, -0.25) is 14.8 Å². The van der Waals surface area contributed by atoms with Crippen molar-refractivity contribution in [3.63, 3.8) is 0 Å². The summed E-state index contributed by atoms with van der Waals surface area (Å²) in [6, 6.07) is 0. The fourth-order valence-corrected chi connectivity index (χ4v) is 3.62. The zero-order chi connectivity index (χ0) is 13.9. The molecule has 0 saturated carbocycles. The first-order chi connectivity index (χ1) is 8.35. The number of nitrogens with zero attached hydrogens (tertiary/aromatic N) is 3. The quantitative estimate of drug-likeness (QED) is 0.448. The molecule has 1 rings (SSSR count). The highest BCUT2D eigenvalue weighted by Gasteiger charge is 2.34. The minimum absolute atomic E-state index is 0.117. The van der Waals surface area contributed by atoms with Crippen LogP contribution in [0.1, 0.15) is 19.0 Å². The molecule has 0 aromatic carbocycles. The summed E-state index contributed by atoms with van der Waals surface area (Å²) in [6.07, 6.45) is 1.01. The molecule has 0 aliphatic carbocycles. The van der Waals surface area contributed by atoms with Crippen molar-refractivity contribution in [2.24, 2.45) is 7.05 Å². The molecule has 1 aromatic heterocycles. The van der Waals surface area contributed by atoms with Crippen molar-refractivity contribution in [3.05, 3.63) is 15.8 Å². The Hall–Kier alpha value is -1.15. The van der Waals surface area contributed by atoms with Gasteiger partial charge in [-0.25, -0.2) is 8.42 Å². The van der Waals surface area contributed by atoms with Crippen LogP contribution in [0.15, 0.2) is 5.03 Å². The number of halogens is 1. The minimum Gasteiger partial charge on any atom is -0.258 e. The third kappa shape index (κ3) is 2.81. The number of alkyl halides is 1. The van der Waals surface area contributed by atoms with Gasteiger partial charge < -0.3 is 0 Å². The second kappa shape index (κ2) is 5.66. The lowest BCUT2D eigenvalue weighted by Crippen LogP contribution is -2.14. The molecule has 9 heteroatoms. The fourth-order valence-electron chi connectivity index (χ4n) is 1.69. The summed E-state index contributed by atoms with van der Waals surface area (Å²) in [6.45, 7) is 1.84. The lowest BCUT2D eigenvalue weighted by Gasteiger charge is -2.01. The predicted molar refractivity (Wildman–Crippen MR) is 66.6 cm³/mol. The summed E-state index contributed by atoms with van der Waals surface area (Å²) in [5.41, 5.74) is -0.234. The van der Waals surface area contributed by atoms with E-state index in [9.17, 15) is 18.5 Å². The number of rotatable bonds is 6. The van der Waals surface area contributed by atoms with Crippen LogP contribution in [0.5, 0.6) is 0 Å². The van der Waals surface area contributed by atoms with Crippen LogP contribution in [0, 0.1) is 10.1 Å². The van der Waals surface area contributed by atoms with E-state index in [1.165, 1.54) is 7.05 Å². The number of hydrogen-bond donors (Lipinski definition) is 0. The monoisotopic (exact) mass is 295 g/mol. The van der Waals surface area contributed by atoms with Gasteiger partial charge in [0.15, 0.2) is 0 Å². The van der Waals surface area contributed by atoms with E-state index in [1.807, 2.05) is 6.92 Å². The molecule has 0 unspecified atom stereocenters. The first-order valence-electron chi connectivity index (χ1n) is 5.34. The number of aryl methyl sites for hydroxylation is 2. The van der Waals surface area contributed by atoms with Gasteiger partial charge in [0.1, 0.15) is 5.69 Å². The molecular formula is C9H14ClN3O4S. The standard InChI is InChI=1S/C9H14ClN3O4S/c1-3-4-7-8(13(14)15)9(12(2)11-7)18(16,17)6-5-10/h3-6H2,1-2H3. The van der Waals surface area contributed by atoms with Crippen LogP contribution in [0.2, 0.25) is 0 Å². The van der Waals surface area contributed by atoms with Gasteiger partial charge in [-0.05, 0) is 6.42 Å². The first-order valence-corrected chi connectivity index (χ1v) is 7.52. The van der Waals surface area contributed by atoms with Crippen molar-refractivity contribution >= 4 is 27.1 Å². The van der Waals surface area contributed by atoms with Gasteiger partial charge in [-0.1, -0.05) is 13.3 Å².